The summed E-state index contributed by atoms with van der Waals surface area (Å²) in [7, 11) is 1.83. The molecule has 4 heterocycles. The van der Waals surface area contributed by atoms with E-state index < -0.39 is 11.7 Å². The summed E-state index contributed by atoms with van der Waals surface area (Å²) in [4.78, 5) is 26.1. The van der Waals surface area contributed by atoms with E-state index in [4.69, 9.17) is 0 Å². The molecule has 7 nitrogen and oxygen atoms in total. The summed E-state index contributed by atoms with van der Waals surface area (Å²) in [6.07, 6.45) is 5.03. The number of hydrogen-bond donors (Lipinski definition) is 0. The molecule has 0 radical (unpaired) electrons. The van der Waals surface area contributed by atoms with Gasteiger partial charge in [-0.25, -0.2) is 9.37 Å². The van der Waals surface area contributed by atoms with Crippen molar-refractivity contribution in [3.05, 3.63) is 93.7 Å². The first kappa shape index (κ1) is 27.4. The fraction of sp³-hybridized carbons (Fsp3) is 0.345. The Morgan fingerprint density at radius 2 is 1.80 bits per heavy atom. The smallest absolute Gasteiger partial charge is 0.285 e. The van der Waals surface area contributed by atoms with Gasteiger partial charge >= 0.3 is 6.18 Å². The first-order valence-electron chi connectivity index (χ1n) is 13.1. The summed E-state index contributed by atoms with van der Waals surface area (Å²) in [6, 6.07) is 8.62. The highest BCUT2D eigenvalue weighted by Gasteiger charge is 2.34. The maximum absolute atomic E-state index is 13.4. The first-order valence-corrected chi connectivity index (χ1v) is 13.1. The Morgan fingerprint density at radius 1 is 1.02 bits per heavy atom. The molecule has 5 aromatic rings. The molecule has 0 atom stereocenters. The van der Waals surface area contributed by atoms with Crippen LogP contribution in [-0.2, 0) is 19.8 Å². The predicted octanol–water partition coefficient (Wildman–Crippen LogP) is 6.32. The quantitative estimate of drug-likeness (QED) is 0.245. The van der Waals surface area contributed by atoms with Crippen LogP contribution in [0, 0.1) is 12.7 Å². The number of benzene rings is 1. The van der Waals surface area contributed by atoms with Crippen LogP contribution in [0.4, 0.5) is 17.6 Å². The SMILES string of the molecule is Cc1cnc2cc(C3CCCCC3)c(=O)n(Cc3ncccc3C(F)(F)F)c2n1.Cn1ncc2cc(F)ccc21. The Morgan fingerprint density at radius 3 is 2.55 bits per heavy atom. The lowest BCUT2D eigenvalue weighted by molar-refractivity contribution is -0.138. The minimum absolute atomic E-state index is 0.0980. The summed E-state index contributed by atoms with van der Waals surface area (Å²) in [5, 5.41) is 4.83. The molecule has 1 saturated carbocycles. The van der Waals surface area contributed by atoms with Gasteiger partial charge in [0.2, 0.25) is 0 Å². The second-order valence-corrected chi connectivity index (χ2v) is 10.0. The van der Waals surface area contributed by atoms with Gasteiger partial charge < -0.3 is 0 Å². The lowest BCUT2D eigenvalue weighted by Crippen LogP contribution is -2.29. The monoisotopic (exact) mass is 552 g/mol. The van der Waals surface area contributed by atoms with Crippen molar-refractivity contribution in [2.75, 3.05) is 0 Å². The minimum Gasteiger partial charge on any atom is -0.285 e. The molecule has 1 aromatic carbocycles. The highest BCUT2D eigenvalue weighted by atomic mass is 19.4. The molecular weight excluding hydrogens is 524 g/mol. The van der Waals surface area contributed by atoms with Gasteiger partial charge in [0.05, 0.1) is 35.2 Å². The molecule has 0 N–H and O–H groups in total. The second kappa shape index (κ2) is 11.1. The first-order chi connectivity index (χ1) is 19.1. The van der Waals surface area contributed by atoms with Gasteiger partial charge in [-0.05, 0) is 62.1 Å². The van der Waals surface area contributed by atoms with E-state index in [-0.39, 0.29) is 35.2 Å². The van der Waals surface area contributed by atoms with Gasteiger partial charge in [-0.2, -0.15) is 18.3 Å². The van der Waals surface area contributed by atoms with Crippen LogP contribution in [-0.4, -0.2) is 29.3 Å². The highest BCUT2D eigenvalue weighted by Crippen LogP contribution is 2.33. The molecule has 0 aliphatic heterocycles. The number of hydrogen-bond acceptors (Lipinski definition) is 5. The van der Waals surface area contributed by atoms with Gasteiger partial charge in [-0.3, -0.25) is 24.0 Å². The van der Waals surface area contributed by atoms with Crippen molar-refractivity contribution in [2.45, 2.75) is 57.7 Å². The Balaban J connectivity index is 0.000000244. The van der Waals surface area contributed by atoms with Gasteiger partial charge in [-0.1, -0.05) is 19.3 Å². The Kier molecular flexibility index (Phi) is 7.64. The average Bonchev–Trinajstić information content (AvgIpc) is 3.30. The molecule has 0 saturated heterocycles. The average molecular weight is 553 g/mol. The van der Waals surface area contributed by atoms with Crippen molar-refractivity contribution in [1.29, 1.82) is 0 Å². The molecule has 1 fully saturated rings. The maximum atomic E-state index is 13.4. The number of rotatable bonds is 3. The van der Waals surface area contributed by atoms with Crippen LogP contribution >= 0.6 is 0 Å². The zero-order chi connectivity index (χ0) is 28.4. The van der Waals surface area contributed by atoms with E-state index in [1.807, 2.05) is 7.05 Å². The number of nitrogens with zero attached hydrogens (tertiary/aromatic N) is 6. The van der Waals surface area contributed by atoms with Crippen molar-refractivity contribution in [2.24, 2.45) is 7.05 Å². The summed E-state index contributed by atoms with van der Waals surface area (Å²) in [6.45, 7) is 1.43. The second-order valence-electron chi connectivity index (χ2n) is 10.0. The molecule has 40 heavy (non-hydrogen) atoms. The van der Waals surface area contributed by atoms with E-state index in [0.717, 1.165) is 49.1 Å². The summed E-state index contributed by atoms with van der Waals surface area (Å²) < 4.78 is 56.0. The van der Waals surface area contributed by atoms with Crippen LogP contribution in [0.3, 0.4) is 0 Å². The highest BCUT2D eigenvalue weighted by molar-refractivity contribution is 5.78. The van der Waals surface area contributed by atoms with Crippen LogP contribution in [0.5, 0.6) is 0 Å². The number of pyridine rings is 2. The number of fused-ring (bicyclic) bond motifs is 2. The predicted molar refractivity (Wildman–Crippen MR) is 143 cm³/mol. The van der Waals surface area contributed by atoms with Crippen LogP contribution in [0.15, 0.2) is 59.8 Å². The number of aryl methyl sites for hydroxylation is 2. The van der Waals surface area contributed by atoms with Crippen LogP contribution < -0.4 is 5.56 Å². The van der Waals surface area contributed by atoms with E-state index in [0.29, 0.717) is 16.8 Å². The minimum atomic E-state index is -4.55. The number of alkyl halides is 3. The third kappa shape index (κ3) is 5.73. The van der Waals surface area contributed by atoms with Crippen molar-refractivity contribution in [3.8, 4) is 0 Å². The van der Waals surface area contributed by atoms with Crippen molar-refractivity contribution >= 4 is 22.1 Å². The Hall–Kier alpha value is -4.15. The van der Waals surface area contributed by atoms with E-state index in [1.54, 1.807) is 36.1 Å². The molecule has 1 aliphatic carbocycles. The zero-order valence-electron chi connectivity index (χ0n) is 22.1. The fourth-order valence-corrected chi connectivity index (χ4v) is 5.19. The molecule has 0 unspecified atom stereocenters. The molecule has 0 bridgehead atoms. The van der Waals surface area contributed by atoms with E-state index in [9.17, 15) is 22.4 Å². The van der Waals surface area contributed by atoms with Gasteiger partial charge in [0.15, 0.2) is 5.65 Å². The molecule has 4 aromatic heterocycles. The Bertz CT molecular complexity index is 1720. The van der Waals surface area contributed by atoms with Crippen molar-refractivity contribution < 1.29 is 17.6 Å². The van der Waals surface area contributed by atoms with E-state index >= 15 is 0 Å². The summed E-state index contributed by atoms with van der Waals surface area (Å²) >= 11 is 0. The van der Waals surface area contributed by atoms with Gasteiger partial charge in [0, 0.05) is 30.4 Å². The third-order valence-corrected chi connectivity index (χ3v) is 7.20. The molecule has 1 aliphatic rings. The van der Waals surface area contributed by atoms with Crippen molar-refractivity contribution in [1.82, 2.24) is 29.3 Å². The van der Waals surface area contributed by atoms with E-state index in [1.165, 1.54) is 29.0 Å². The molecule has 0 amide bonds. The van der Waals surface area contributed by atoms with Crippen LogP contribution in [0.25, 0.3) is 22.1 Å². The van der Waals surface area contributed by atoms with Gasteiger partial charge in [-0.15, -0.1) is 0 Å². The molecular formula is C29H28F4N6O. The summed E-state index contributed by atoms with van der Waals surface area (Å²) in [5.74, 6) is -0.119. The third-order valence-electron chi connectivity index (χ3n) is 7.20. The fourth-order valence-electron chi connectivity index (χ4n) is 5.19. The topological polar surface area (TPSA) is 78.5 Å². The molecule has 208 valence electrons. The lowest BCUT2D eigenvalue weighted by atomic mass is 9.84. The Labute approximate surface area is 227 Å². The molecule has 11 heteroatoms. The zero-order valence-corrected chi connectivity index (χ0v) is 22.1. The number of aromatic nitrogens is 6. The van der Waals surface area contributed by atoms with Crippen molar-refractivity contribution in [3.63, 3.8) is 0 Å². The summed E-state index contributed by atoms with van der Waals surface area (Å²) in [5.41, 5.74) is 1.60. The van der Waals surface area contributed by atoms with Crippen LogP contribution in [0.1, 0.15) is 60.5 Å². The normalized spacial score (nSPS) is 14.3. The van der Waals surface area contributed by atoms with Gasteiger partial charge in [0.1, 0.15) is 11.3 Å². The van der Waals surface area contributed by atoms with Gasteiger partial charge in [0.25, 0.3) is 5.56 Å². The van der Waals surface area contributed by atoms with Crippen LogP contribution in [0.2, 0.25) is 0 Å². The lowest BCUT2D eigenvalue weighted by Gasteiger charge is -2.23. The van der Waals surface area contributed by atoms with E-state index in [2.05, 4.69) is 20.1 Å². The maximum Gasteiger partial charge on any atom is 0.418 e. The number of halogens is 4. The standard InChI is InChI=1S/C21H21F3N4O.C8H7FN2/c1-13-11-26-17-10-15(14-6-3-2-4-7-14)20(29)28(19(17)27-13)12-18-16(21(22,23)24)8-5-9-25-18;1-11-8-3-2-7(9)4-6(8)5-10-11/h5,8-11,14H,2-4,6-7,12H2,1H3;2-5H,1H3. The molecule has 0 spiro atoms. The largest absolute Gasteiger partial charge is 0.418 e. The molecule has 6 rings (SSSR count).